The first-order chi connectivity index (χ1) is 15.1. The maximum Gasteiger partial charge on any atom is 0.278 e. The Morgan fingerprint density at radius 3 is 2.45 bits per heavy atom. The van der Waals surface area contributed by atoms with E-state index in [0.717, 1.165) is 36.2 Å². The van der Waals surface area contributed by atoms with E-state index in [4.69, 9.17) is 5.10 Å². The van der Waals surface area contributed by atoms with Gasteiger partial charge in [-0.3, -0.25) is 9.48 Å². The predicted molar refractivity (Wildman–Crippen MR) is 122 cm³/mol. The number of allylic oxidation sites excluding steroid dienone is 1. The summed E-state index contributed by atoms with van der Waals surface area (Å²) in [6, 6.07) is 20.6. The number of rotatable bonds is 3. The molecule has 31 heavy (non-hydrogen) atoms. The molecule has 0 spiro atoms. The number of aromatic nitrogens is 2. The molecule has 2 aromatic carbocycles. The SMILES string of the molecule is Cc1c(C(=O)N2N=C3/C(=C/c4ccccc4)CCCC3C2c2ccccc2)cnn1C. The number of aryl methyl sites for hydroxylation is 1. The molecule has 1 fully saturated rings. The molecule has 0 bridgehead atoms. The van der Waals surface area contributed by atoms with Crippen LogP contribution >= 0.6 is 0 Å². The highest BCUT2D eigenvalue weighted by Gasteiger charge is 2.44. The fraction of sp³-hybridized carbons (Fsp3) is 0.269. The van der Waals surface area contributed by atoms with Gasteiger partial charge in [-0.2, -0.15) is 10.2 Å². The van der Waals surface area contributed by atoms with Crippen LogP contribution in [0.4, 0.5) is 0 Å². The van der Waals surface area contributed by atoms with Crippen molar-refractivity contribution in [3.8, 4) is 0 Å². The summed E-state index contributed by atoms with van der Waals surface area (Å²) in [5.74, 6) is 0.118. The van der Waals surface area contributed by atoms with Crippen LogP contribution in [0.1, 0.15) is 52.5 Å². The topological polar surface area (TPSA) is 50.5 Å². The highest BCUT2D eigenvalue weighted by molar-refractivity contribution is 6.09. The first-order valence-electron chi connectivity index (χ1n) is 10.8. The Kier molecular flexibility index (Phi) is 5.02. The molecule has 156 valence electrons. The molecule has 2 aliphatic rings. The van der Waals surface area contributed by atoms with Gasteiger partial charge in [0.15, 0.2) is 0 Å². The van der Waals surface area contributed by atoms with Gasteiger partial charge in [-0.15, -0.1) is 0 Å². The average molecular weight is 411 g/mol. The summed E-state index contributed by atoms with van der Waals surface area (Å²) in [4.78, 5) is 13.6. The molecule has 2 unspecified atom stereocenters. The Labute approximate surface area is 182 Å². The van der Waals surface area contributed by atoms with Gasteiger partial charge in [0, 0.05) is 18.7 Å². The molecule has 1 saturated carbocycles. The Morgan fingerprint density at radius 1 is 1.06 bits per heavy atom. The summed E-state index contributed by atoms with van der Waals surface area (Å²) in [6.07, 6.45) is 7.00. The van der Waals surface area contributed by atoms with Gasteiger partial charge in [0.1, 0.15) is 0 Å². The third-order valence-electron chi connectivity index (χ3n) is 6.46. The molecule has 2 heterocycles. The van der Waals surface area contributed by atoms with Crippen molar-refractivity contribution >= 4 is 17.7 Å². The molecule has 5 rings (SSSR count). The van der Waals surface area contributed by atoms with E-state index in [0.29, 0.717) is 5.56 Å². The zero-order valence-electron chi connectivity index (χ0n) is 17.9. The van der Waals surface area contributed by atoms with Crippen molar-refractivity contribution < 1.29 is 4.79 Å². The maximum atomic E-state index is 13.6. The number of fused-ring (bicyclic) bond motifs is 1. The van der Waals surface area contributed by atoms with Crippen LogP contribution in [-0.2, 0) is 7.05 Å². The smallest absolute Gasteiger partial charge is 0.272 e. The molecule has 2 atom stereocenters. The molecule has 1 aromatic heterocycles. The Morgan fingerprint density at radius 2 is 1.77 bits per heavy atom. The molecule has 1 amide bonds. The van der Waals surface area contributed by atoms with Crippen molar-refractivity contribution in [3.63, 3.8) is 0 Å². The lowest BCUT2D eigenvalue weighted by atomic mass is 9.77. The van der Waals surface area contributed by atoms with Gasteiger partial charge in [0.05, 0.1) is 23.5 Å². The normalized spacial score (nSPS) is 21.8. The van der Waals surface area contributed by atoms with Crippen LogP contribution in [0.25, 0.3) is 6.08 Å². The third kappa shape index (κ3) is 3.50. The van der Waals surface area contributed by atoms with Crippen molar-refractivity contribution in [1.82, 2.24) is 14.8 Å². The summed E-state index contributed by atoms with van der Waals surface area (Å²) in [6.45, 7) is 1.93. The van der Waals surface area contributed by atoms with Gasteiger partial charge >= 0.3 is 0 Å². The van der Waals surface area contributed by atoms with Crippen LogP contribution in [0, 0.1) is 12.8 Å². The van der Waals surface area contributed by atoms with Crippen molar-refractivity contribution in [2.75, 3.05) is 0 Å². The van der Waals surface area contributed by atoms with Crippen LogP contribution < -0.4 is 0 Å². The third-order valence-corrected chi connectivity index (χ3v) is 6.46. The van der Waals surface area contributed by atoms with E-state index in [1.807, 2.05) is 38.2 Å². The summed E-state index contributed by atoms with van der Waals surface area (Å²) in [5, 5.41) is 11.0. The standard InChI is InChI=1S/C26H26N4O/c1-18-23(17-27-29(18)2)26(31)30-25(20-12-7-4-8-13-20)22-15-9-14-21(24(22)28-30)16-19-10-5-3-6-11-19/h3-8,10-13,16-17,22,25H,9,14-15H2,1-2H3/b21-16+. The maximum absolute atomic E-state index is 13.6. The minimum absolute atomic E-state index is 0.0829. The van der Waals surface area contributed by atoms with E-state index < -0.39 is 0 Å². The number of hydrazone groups is 1. The fourth-order valence-corrected chi connectivity index (χ4v) is 4.73. The highest BCUT2D eigenvalue weighted by atomic mass is 16.2. The Balaban J connectivity index is 1.59. The first kappa shape index (κ1) is 19.5. The molecular weight excluding hydrogens is 384 g/mol. The summed E-state index contributed by atoms with van der Waals surface area (Å²) in [7, 11) is 1.86. The van der Waals surface area contributed by atoms with Crippen molar-refractivity contribution in [2.24, 2.45) is 18.1 Å². The molecule has 1 aliphatic carbocycles. The lowest BCUT2D eigenvalue weighted by Crippen LogP contribution is -2.32. The Hall–Kier alpha value is -3.47. The average Bonchev–Trinajstić information content (AvgIpc) is 3.36. The van der Waals surface area contributed by atoms with E-state index in [2.05, 4.69) is 47.6 Å². The van der Waals surface area contributed by atoms with Gasteiger partial charge < -0.3 is 0 Å². The zero-order valence-corrected chi connectivity index (χ0v) is 17.9. The molecular formula is C26H26N4O. The molecule has 5 heteroatoms. The number of amides is 1. The Bertz CT molecular complexity index is 1160. The van der Waals surface area contributed by atoms with E-state index >= 15 is 0 Å². The monoisotopic (exact) mass is 410 g/mol. The quantitative estimate of drug-likeness (QED) is 0.598. The number of hydrogen-bond acceptors (Lipinski definition) is 3. The largest absolute Gasteiger partial charge is 0.278 e. The van der Waals surface area contributed by atoms with Crippen LogP contribution in [0.2, 0.25) is 0 Å². The zero-order chi connectivity index (χ0) is 21.4. The minimum Gasteiger partial charge on any atom is -0.272 e. The van der Waals surface area contributed by atoms with Gasteiger partial charge in [-0.1, -0.05) is 60.7 Å². The highest BCUT2D eigenvalue weighted by Crippen LogP contribution is 2.45. The van der Waals surface area contributed by atoms with E-state index in [-0.39, 0.29) is 17.9 Å². The molecule has 0 saturated heterocycles. The minimum atomic E-state index is -0.0946. The first-order valence-corrected chi connectivity index (χ1v) is 10.8. The summed E-state index contributed by atoms with van der Waals surface area (Å²) in [5.41, 5.74) is 6.06. The summed E-state index contributed by atoms with van der Waals surface area (Å²) >= 11 is 0. The predicted octanol–water partition coefficient (Wildman–Crippen LogP) is 5.17. The number of nitrogens with zero attached hydrogens (tertiary/aromatic N) is 4. The van der Waals surface area contributed by atoms with Gasteiger partial charge in [0.2, 0.25) is 0 Å². The van der Waals surface area contributed by atoms with Crippen LogP contribution in [0.3, 0.4) is 0 Å². The van der Waals surface area contributed by atoms with Crippen LogP contribution in [-0.4, -0.2) is 26.4 Å². The molecule has 1 aliphatic heterocycles. The second-order valence-electron chi connectivity index (χ2n) is 8.34. The van der Waals surface area contributed by atoms with E-state index in [9.17, 15) is 4.79 Å². The van der Waals surface area contributed by atoms with Crippen LogP contribution in [0.15, 0.2) is 77.5 Å². The fourth-order valence-electron chi connectivity index (χ4n) is 4.73. The van der Waals surface area contributed by atoms with Gasteiger partial charge in [-0.25, -0.2) is 5.01 Å². The second kappa shape index (κ2) is 7.99. The van der Waals surface area contributed by atoms with E-state index in [1.165, 1.54) is 11.1 Å². The lowest BCUT2D eigenvalue weighted by Gasteiger charge is -2.29. The van der Waals surface area contributed by atoms with Crippen molar-refractivity contribution in [3.05, 3.63) is 94.8 Å². The molecule has 3 aromatic rings. The lowest BCUT2D eigenvalue weighted by molar-refractivity contribution is 0.0680. The van der Waals surface area contributed by atoms with Crippen molar-refractivity contribution in [1.29, 1.82) is 0 Å². The number of carbonyl (C=O) groups is 1. The number of hydrogen-bond donors (Lipinski definition) is 0. The number of carbonyl (C=O) groups excluding carboxylic acids is 1. The summed E-state index contributed by atoms with van der Waals surface area (Å²) < 4.78 is 1.74. The molecule has 5 nitrogen and oxygen atoms in total. The van der Waals surface area contributed by atoms with Gasteiger partial charge in [-0.05, 0) is 49.0 Å². The van der Waals surface area contributed by atoms with Crippen molar-refractivity contribution in [2.45, 2.75) is 32.2 Å². The van der Waals surface area contributed by atoms with Gasteiger partial charge in [0.25, 0.3) is 5.91 Å². The van der Waals surface area contributed by atoms with E-state index in [1.54, 1.807) is 15.9 Å². The molecule has 0 radical (unpaired) electrons. The second-order valence-corrected chi connectivity index (χ2v) is 8.34. The van der Waals surface area contributed by atoms with Crippen LogP contribution in [0.5, 0.6) is 0 Å². The number of benzene rings is 2. The molecule has 0 N–H and O–H groups in total.